The molecular weight excluding hydrogens is 258 g/mol. The third-order valence-electron chi connectivity index (χ3n) is 4.48. The first-order chi connectivity index (χ1) is 8.84. The average Bonchev–Trinajstić information content (AvgIpc) is 3.09. The lowest BCUT2D eigenvalue weighted by atomic mass is 9.94. The lowest BCUT2D eigenvalue weighted by Gasteiger charge is -2.29. The summed E-state index contributed by atoms with van der Waals surface area (Å²) in [5, 5.41) is 6.23. The molecule has 1 aromatic heterocycles. The van der Waals surface area contributed by atoms with Crippen LogP contribution in [0, 0.1) is 11.8 Å². The monoisotopic (exact) mass is 281 g/mol. The summed E-state index contributed by atoms with van der Waals surface area (Å²) >= 11 is 4.05. The maximum Gasteiger partial charge on any atom is 0.0445 e. The number of hydrogen-bond donors (Lipinski definition) is 1. The van der Waals surface area contributed by atoms with Crippen molar-refractivity contribution in [2.24, 2.45) is 11.8 Å². The van der Waals surface area contributed by atoms with Gasteiger partial charge in [-0.15, -0.1) is 11.3 Å². The van der Waals surface area contributed by atoms with Gasteiger partial charge in [-0.3, -0.25) is 0 Å². The Bertz CT molecular complexity index is 357. The molecule has 1 N–H and O–H groups in total. The van der Waals surface area contributed by atoms with Crippen molar-refractivity contribution in [2.75, 3.05) is 11.5 Å². The van der Waals surface area contributed by atoms with Gasteiger partial charge in [0.2, 0.25) is 0 Å². The standard InChI is InChI=1S/C15H23NS2/c1-11-9-17-10-13(11)16-15(12-5-2-3-6-12)14-7-4-8-18-14/h4,7-8,11-13,15-16H,2-3,5-6,9-10H2,1H3. The zero-order chi connectivity index (χ0) is 12.4. The zero-order valence-electron chi connectivity index (χ0n) is 11.1. The van der Waals surface area contributed by atoms with Crippen molar-refractivity contribution in [1.29, 1.82) is 0 Å². The smallest absolute Gasteiger partial charge is 0.0445 e. The van der Waals surface area contributed by atoms with Crippen molar-refractivity contribution in [1.82, 2.24) is 5.32 Å². The second kappa shape index (κ2) is 5.98. The molecule has 100 valence electrons. The fourth-order valence-corrected chi connectivity index (χ4v) is 5.61. The van der Waals surface area contributed by atoms with Gasteiger partial charge in [-0.1, -0.05) is 25.8 Å². The van der Waals surface area contributed by atoms with Crippen molar-refractivity contribution in [2.45, 2.75) is 44.7 Å². The molecule has 1 saturated heterocycles. The molecule has 18 heavy (non-hydrogen) atoms. The Labute approximate surface area is 119 Å². The molecule has 2 heterocycles. The van der Waals surface area contributed by atoms with Crippen LogP contribution in [0.3, 0.4) is 0 Å². The van der Waals surface area contributed by atoms with E-state index in [1.54, 1.807) is 4.88 Å². The molecule has 0 spiro atoms. The summed E-state index contributed by atoms with van der Waals surface area (Å²) in [5.41, 5.74) is 0. The molecule has 2 fully saturated rings. The lowest BCUT2D eigenvalue weighted by molar-refractivity contribution is 0.315. The largest absolute Gasteiger partial charge is 0.305 e. The third-order valence-corrected chi connectivity index (χ3v) is 6.79. The van der Waals surface area contributed by atoms with Crippen LogP contribution in [0.1, 0.15) is 43.5 Å². The Morgan fingerprint density at radius 2 is 2.11 bits per heavy atom. The molecule has 0 radical (unpaired) electrons. The summed E-state index contributed by atoms with van der Waals surface area (Å²) in [4.78, 5) is 1.56. The van der Waals surface area contributed by atoms with E-state index in [2.05, 4.69) is 41.5 Å². The van der Waals surface area contributed by atoms with Gasteiger partial charge in [0.25, 0.3) is 0 Å². The molecule has 3 rings (SSSR count). The van der Waals surface area contributed by atoms with Crippen LogP contribution >= 0.6 is 23.1 Å². The first-order valence-corrected chi connectivity index (χ1v) is 9.25. The van der Waals surface area contributed by atoms with E-state index in [9.17, 15) is 0 Å². The maximum atomic E-state index is 4.00. The molecule has 0 aromatic carbocycles. The second-order valence-corrected chi connectivity index (χ2v) is 7.88. The number of nitrogens with one attached hydrogen (secondary N) is 1. The Morgan fingerprint density at radius 1 is 1.28 bits per heavy atom. The average molecular weight is 281 g/mol. The van der Waals surface area contributed by atoms with E-state index in [0.29, 0.717) is 6.04 Å². The molecule has 1 aliphatic carbocycles. The van der Waals surface area contributed by atoms with Gasteiger partial charge in [0, 0.05) is 22.7 Å². The molecule has 3 atom stereocenters. The molecule has 0 bridgehead atoms. The summed E-state index contributed by atoms with van der Waals surface area (Å²) in [7, 11) is 0. The fraction of sp³-hybridized carbons (Fsp3) is 0.733. The highest BCUT2D eigenvalue weighted by Crippen LogP contribution is 2.39. The molecule has 3 unspecified atom stereocenters. The van der Waals surface area contributed by atoms with Crippen LogP contribution in [-0.4, -0.2) is 17.5 Å². The molecule has 1 aromatic rings. The summed E-state index contributed by atoms with van der Waals surface area (Å²) in [5.74, 6) is 4.34. The Hall–Kier alpha value is 0.01000. The molecule has 0 amide bonds. The molecular formula is C15H23NS2. The van der Waals surface area contributed by atoms with Gasteiger partial charge < -0.3 is 5.32 Å². The van der Waals surface area contributed by atoms with Crippen molar-refractivity contribution in [3.05, 3.63) is 22.4 Å². The minimum Gasteiger partial charge on any atom is -0.305 e. The van der Waals surface area contributed by atoms with Gasteiger partial charge in [-0.25, -0.2) is 0 Å². The molecule has 1 aliphatic heterocycles. The number of rotatable bonds is 4. The van der Waals surface area contributed by atoms with E-state index in [1.807, 2.05) is 11.3 Å². The minimum atomic E-state index is 0.624. The SMILES string of the molecule is CC1CSCC1NC(c1cccs1)C1CCCC1. The Balaban J connectivity index is 1.72. The van der Waals surface area contributed by atoms with Gasteiger partial charge in [-0.05, 0) is 41.9 Å². The summed E-state index contributed by atoms with van der Waals surface area (Å²) in [6.07, 6.45) is 5.71. The third kappa shape index (κ3) is 2.78. The van der Waals surface area contributed by atoms with Crippen LogP contribution in [0.2, 0.25) is 0 Å². The van der Waals surface area contributed by atoms with Crippen LogP contribution in [-0.2, 0) is 0 Å². The Morgan fingerprint density at radius 3 is 2.72 bits per heavy atom. The van der Waals surface area contributed by atoms with Crippen molar-refractivity contribution >= 4 is 23.1 Å². The van der Waals surface area contributed by atoms with Crippen LogP contribution in [0.5, 0.6) is 0 Å². The van der Waals surface area contributed by atoms with E-state index in [4.69, 9.17) is 0 Å². The molecule has 1 nitrogen and oxygen atoms in total. The predicted molar refractivity (Wildman–Crippen MR) is 82.4 cm³/mol. The normalized spacial score (nSPS) is 30.9. The predicted octanol–water partition coefficient (Wildman–Crippen LogP) is 4.32. The highest BCUT2D eigenvalue weighted by Gasteiger charge is 2.32. The summed E-state index contributed by atoms with van der Waals surface area (Å²) in [6.45, 7) is 2.40. The van der Waals surface area contributed by atoms with E-state index in [1.165, 1.54) is 37.2 Å². The number of thiophene rings is 1. The van der Waals surface area contributed by atoms with Crippen LogP contribution < -0.4 is 5.32 Å². The van der Waals surface area contributed by atoms with Crippen molar-refractivity contribution < 1.29 is 0 Å². The highest BCUT2D eigenvalue weighted by atomic mass is 32.2. The summed E-state index contributed by atoms with van der Waals surface area (Å²) < 4.78 is 0. The number of hydrogen-bond acceptors (Lipinski definition) is 3. The van der Waals surface area contributed by atoms with Gasteiger partial charge in [-0.2, -0.15) is 11.8 Å². The maximum absolute atomic E-state index is 4.00. The quantitative estimate of drug-likeness (QED) is 0.882. The van der Waals surface area contributed by atoms with E-state index < -0.39 is 0 Å². The van der Waals surface area contributed by atoms with Crippen LogP contribution in [0.4, 0.5) is 0 Å². The lowest BCUT2D eigenvalue weighted by Crippen LogP contribution is -2.39. The van der Waals surface area contributed by atoms with Crippen molar-refractivity contribution in [3.63, 3.8) is 0 Å². The minimum absolute atomic E-state index is 0.624. The van der Waals surface area contributed by atoms with E-state index >= 15 is 0 Å². The van der Waals surface area contributed by atoms with Gasteiger partial charge in [0.15, 0.2) is 0 Å². The van der Waals surface area contributed by atoms with Crippen LogP contribution in [0.15, 0.2) is 17.5 Å². The first-order valence-electron chi connectivity index (χ1n) is 7.22. The molecule has 1 saturated carbocycles. The molecule has 2 aliphatic rings. The van der Waals surface area contributed by atoms with Gasteiger partial charge in [0.1, 0.15) is 0 Å². The fourth-order valence-electron chi connectivity index (χ4n) is 3.31. The van der Waals surface area contributed by atoms with Gasteiger partial charge in [0.05, 0.1) is 0 Å². The van der Waals surface area contributed by atoms with Gasteiger partial charge >= 0.3 is 0 Å². The Kier molecular flexibility index (Phi) is 4.32. The zero-order valence-corrected chi connectivity index (χ0v) is 12.7. The second-order valence-electron chi connectivity index (χ2n) is 5.83. The summed E-state index contributed by atoms with van der Waals surface area (Å²) in [6, 6.07) is 5.88. The first kappa shape index (κ1) is 13.0. The molecule has 3 heteroatoms. The van der Waals surface area contributed by atoms with E-state index in [-0.39, 0.29) is 0 Å². The van der Waals surface area contributed by atoms with Crippen LogP contribution in [0.25, 0.3) is 0 Å². The highest BCUT2D eigenvalue weighted by molar-refractivity contribution is 7.99. The van der Waals surface area contributed by atoms with Crippen molar-refractivity contribution in [3.8, 4) is 0 Å². The topological polar surface area (TPSA) is 12.0 Å². The van der Waals surface area contributed by atoms with E-state index in [0.717, 1.165) is 17.9 Å². The number of thioether (sulfide) groups is 1.